The SMILES string of the molecule is O=C(O)CCOCCc1ccc(Cl)c(Cl)c1. The molecule has 1 rings (SSSR count). The van der Waals surface area contributed by atoms with Gasteiger partial charge < -0.3 is 9.84 Å². The molecule has 0 saturated carbocycles. The number of carboxylic acids is 1. The monoisotopic (exact) mass is 262 g/mol. The van der Waals surface area contributed by atoms with Crippen molar-refractivity contribution in [1.82, 2.24) is 0 Å². The lowest BCUT2D eigenvalue weighted by Gasteiger charge is -2.04. The predicted molar refractivity (Wildman–Crippen MR) is 63.2 cm³/mol. The fourth-order valence-electron chi connectivity index (χ4n) is 1.15. The van der Waals surface area contributed by atoms with Gasteiger partial charge in [0.25, 0.3) is 0 Å². The summed E-state index contributed by atoms with van der Waals surface area (Å²) in [6.07, 6.45) is 0.720. The highest BCUT2D eigenvalue weighted by Crippen LogP contribution is 2.22. The Labute approximate surface area is 104 Å². The topological polar surface area (TPSA) is 46.5 Å². The van der Waals surface area contributed by atoms with E-state index in [1.54, 1.807) is 12.1 Å². The number of halogens is 2. The molecule has 5 heteroatoms. The molecule has 0 aromatic heterocycles. The minimum Gasteiger partial charge on any atom is -0.481 e. The number of hydrogen-bond acceptors (Lipinski definition) is 2. The van der Waals surface area contributed by atoms with Gasteiger partial charge in [-0.05, 0) is 24.1 Å². The Kier molecular flexibility index (Phi) is 5.60. The first kappa shape index (κ1) is 13.3. The lowest BCUT2D eigenvalue weighted by atomic mass is 10.2. The molecule has 0 aliphatic heterocycles. The highest BCUT2D eigenvalue weighted by Gasteiger charge is 2.00. The zero-order valence-corrected chi connectivity index (χ0v) is 10.1. The van der Waals surface area contributed by atoms with Crippen molar-refractivity contribution in [3.05, 3.63) is 33.8 Å². The van der Waals surface area contributed by atoms with Gasteiger partial charge in [0.2, 0.25) is 0 Å². The van der Waals surface area contributed by atoms with E-state index >= 15 is 0 Å². The third-order valence-corrected chi connectivity index (χ3v) is 2.72. The largest absolute Gasteiger partial charge is 0.481 e. The van der Waals surface area contributed by atoms with E-state index in [1.165, 1.54) is 0 Å². The van der Waals surface area contributed by atoms with Crippen molar-refractivity contribution in [3.8, 4) is 0 Å². The molecule has 0 heterocycles. The van der Waals surface area contributed by atoms with Crippen LogP contribution in [-0.2, 0) is 16.0 Å². The van der Waals surface area contributed by atoms with Crippen LogP contribution >= 0.6 is 23.2 Å². The molecule has 0 unspecified atom stereocenters. The van der Waals surface area contributed by atoms with E-state index in [0.717, 1.165) is 5.56 Å². The zero-order valence-electron chi connectivity index (χ0n) is 8.58. The maximum Gasteiger partial charge on any atom is 0.305 e. The molecule has 1 aromatic carbocycles. The minimum atomic E-state index is -0.852. The van der Waals surface area contributed by atoms with Crippen molar-refractivity contribution in [1.29, 1.82) is 0 Å². The van der Waals surface area contributed by atoms with Crippen LogP contribution in [0.5, 0.6) is 0 Å². The summed E-state index contributed by atoms with van der Waals surface area (Å²) in [6.45, 7) is 0.710. The average molecular weight is 263 g/mol. The van der Waals surface area contributed by atoms with Gasteiger partial charge in [0, 0.05) is 0 Å². The Balaban J connectivity index is 2.27. The molecule has 0 radical (unpaired) electrons. The normalized spacial score (nSPS) is 10.4. The van der Waals surface area contributed by atoms with Crippen molar-refractivity contribution < 1.29 is 14.6 Å². The minimum absolute atomic E-state index is 0.0291. The van der Waals surface area contributed by atoms with Gasteiger partial charge in [0.15, 0.2) is 0 Å². The number of rotatable bonds is 6. The molecule has 0 fully saturated rings. The summed E-state index contributed by atoms with van der Waals surface area (Å²) in [4.78, 5) is 10.2. The summed E-state index contributed by atoms with van der Waals surface area (Å²) < 4.78 is 5.16. The van der Waals surface area contributed by atoms with E-state index in [-0.39, 0.29) is 13.0 Å². The molecular weight excluding hydrogens is 251 g/mol. The van der Waals surface area contributed by atoms with Crippen molar-refractivity contribution in [2.45, 2.75) is 12.8 Å². The Morgan fingerprint density at radius 1 is 1.25 bits per heavy atom. The maximum absolute atomic E-state index is 10.2. The lowest BCUT2D eigenvalue weighted by Crippen LogP contribution is -2.05. The molecule has 0 bridgehead atoms. The van der Waals surface area contributed by atoms with Gasteiger partial charge in [0.05, 0.1) is 29.7 Å². The van der Waals surface area contributed by atoms with E-state index in [0.29, 0.717) is 23.1 Å². The van der Waals surface area contributed by atoms with Crippen LogP contribution < -0.4 is 0 Å². The van der Waals surface area contributed by atoms with Crippen molar-refractivity contribution in [2.75, 3.05) is 13.2 Å². The first-order valence-electron chi connectivity index (χ1n) is 4.83. The zero-order chi connectivity index (χ0) is 12.0. The van der Waals surface area contributed by atoms with Crippen LogP contribution in [0.3, 0.4) is 0 Å². The van der Waals surface area contributed by atoms with Crippen LogP contribution in [0, 0.1) is 0 Å². The number of ether oxygens (including phenoxy) is 1. The molecule has 0 amide bonds. The van der Waals surface area contributed by atoms with Crippen LogP contribution in [0.2, 0.25) is 10.0 Å². The molecule has 0 saturated heterocycles. The quantitative estimate of drug-likeness (QED) is 0.802. The summed E-state index contributed by atoms with van der Waals surface area (Å²) in [6, 6.07) is 5.38. The molecule has 0 spiro atoms. The second kappa shape index (κ2) is 6.74. The highest BCUT2D eigenvalue weighted by molar-refractivity contribution is 6.42. The number of hydrogen-bond donors (Lipinski definition) is 1. The van der Waals surface area contributed by atoms with E-state index in [9.17, 15) is 4.79 Å². The molecule has 16 heavy (non-hydrogen) atoms. The summed E-state index contributed by atoms with van der Waals surface area (Å²) in [5, 5.41) is 9.43. The molecule has 0 atom stereocenters. The third-order valence-electron chi connectivity index (χ3n) is 1.98. The van der Waals surface area contributed by atoms with Crippen LogP contribution in [0.1, 0.15) is 12.0 Å². The Morgan fingerprint density at radius 3 is 2.62 bits per heavy atom. The smallest absolute Gasteiger partial charge is 0.305 e. The molecule has 0 aliphatic rings. The molecule has 1 N–H and O–H groups in total. The second-order valence-corrected chi connectivity index (χ2v) is 4.07. The Bertz CT molecular complexity index is 366. The van der Waals surface area contributed by atoms with Crippen LogP contribution in [0.4, 0.5) is 0 Å². The first-order chi connectivity index (χ1) is 7.59. The molecular formula is C11H12Cl2O3. The van der Waals surface area contributed by atoms with Gasteiger partial charge in [-0.1, -0.05) is 29.3 Å². The summed E-state index contributed by atoms with van der Waals surface area (Å²) in [5.41, 5.74) is 1.02. The van der Waals surface area contributed by atoms with Crippen LogP contribution in [0.15, 0.2) is 18.2 Å². The Hall–Kier alpha value is -0.770. The van der Waals surface area contributed by atoms with E-state index in [1.807, 2.05) is 6.07 Å². The van der Waals surface area contributed by atoms with Crippen LogP contribution in [0.25, 0.3) is 0 Å². The highest BCUT2D eigenvalue weighted by atomic mass is 35.5. The fourth-order valence-corrected chi connectivity index (χ4v) is 1.47. The van der Waals surface area contributed by atoms with E-state index in [2.05, 4.69) is 0 Å². The molecule has 0 aliphatic carbocycles. The maximum atomic E-state index is 10.2. The first-order valence-corrected chi connectivity index (χ1v) is 5.58. The van der Waals surface area contributed by atoms with E-state index < -0.39 is 5.97 Å². The van der Waals surface area contributed by atoms with Gasteiger partial charge in [0.1, 0.15) is 0 Å². The third kappa shape index (κ3) is 4.84. The lowest BCUT2D eigenvalue weighted by molar-refractivity contribution is -0.138. The van der Waals surface area contributed by atoms with Gasteiger partial charge >= 0.3 is 5.97 Å². The van der Waals surface area contributed by atoms with Gasteiger partial charge in [-0.25, -0.2) is 0 Å². The number of aliphatic carboxylic acids is 1. The van der Waals surface area contributed by atoms with Gasteiger partial charge in [-0.2, -0.15) is 0 Å². The molecule has 3 nitrogen and oxygen atoms in total. The standard InChI is InChI=1S/C11H12Cl2O3/c12-9-2-1-8(7-10(9)13)3-5-16-6-4-11(14)15/h1-2,7H,3-6H2,(H,14,15). The van der Waals surface area contributed by atoms with Crippen LogP contribution in [-0.4, -0.2) is 24.3 Å². The summed E-state index contributed by atoms with van der Waals surface area (Å²) >= 11 is 11.6. The van der Waals surface area contributed by atoms with Gasteiger partial charge in [-0.3, -0.25) is 4.79 Å². The van der Waals surface area contributed by atoms with Crippen molar-refractivity contribution in [2.24, 2.45) is 0 Å². The average Bonchev–Trinajstić information content (AvgIpc) is 2.22. The van der Waals surface area contributed by atoms with Crippen molar-refractivity contribution in [3.63, 3.8) is 0 Å². The summed E-state index contributed by atoms with van der Waals surface area (Å²) in [7, 11) is 0. The van der Waals surface area contributed by atoms with Crippen molar-refractivity contribution >= 4 is 29.2 Å². The molecule has 88 valence electrons. The number of carboxylic acid groups (broad SMARTS) is 1. The fraction of sp³-hybridized carbons (Fsp3) is 0.364. The van der Waals surface area contributed by atoms with Gasteiger partial charge in [-0.15, -0.1) is 0 Å². The van der Waals surface area contributed by atoms with E-state index in [4.69, 9.17) is 33.0 Å². The molecule has 1 aromatic rings. The summed E-state index contributed by atoms with van der Waals surface area (Å²) in [5.74, 6) is -0.852. The number of carbonyl (C=O) groups is 1. The number of benzene rings is 1. The predicted octanol–water partition coefficient (Wildman–Crippen LogP) is 3.03. The second-order valence-electron chi connectivity index (χ2n) is 3.25. The Morgan fingerprint density at radius 2 is 2.00 bits per heavy atom.